The number of hydrogen-bond donors (Lipinski definition) is 1. The van der Waals surface area contributed by atoms with Gasteiger partial charge in [-0.2, -0.15) is 0 Å². The van der Waals surface area contributed by atoms with Crippen LogP contribution in [0.5, 0.6) is 0 Å². The first kappa shape index (κ1) is 12.2. The van der Waals surface area contributed by atoms with Gasteiger partial charge in [-0.05, 0) is 39.8 Å². The summed E-state index contributed by atoms with van der Waals surface area (Å²) in [5.74, 6) is 0.843. The van der Waals surface area contributed by atoms with E-state index in [-0.39, 0.29) is 5.97 Å². The molecule has 0 saturated carbocycles. The highest BCUT2D eigenvalue weighted by Crippen LogP contribution is 2.21. The molecule has 0 unspecified atom stereocenters. The number of esters is 1. The highest BCUT2D eigenvalue weighted by Gasteiger charge is 2.23. The number of aryl methyl sites for hydroxylation is 1. The molecular formula is C13H19NO3. The third-order valence-corrected chi connectivity index (χ3v) is 2.57. The van der Waals surface area contributed by atoms with E-state index in [1.54, 1.807) is 6.07 Å². The maximum atomic E-state index is 11.8. The average Bonchev–Trinajstić information content (AvgIpc) is 2.48. The summed E-state index contributed by atoms with van der Waals surface area (Å²) in [6, 6.07) is 1.79. The molecule has 2 rings (SSSR count). The maximum absolute atomic E-state index is 11.8. The summed E-state index contributed by atoms with van der Waals surface area (Å²) < 4.78 is 10.9. The molecule has 17 heavy (non-hydrogen) atoms. The van der Waals surface area contributed by atoms with Crippen molar-refractivity contribution < 1.29 is 13.9 Å². The summed E-state index contributed by atoms with van der Waals surface area (Å²) in [5.41, 5.74) is 0.586. The second-order valence-corrected chi connectivity index (χ2v) is 5.34. The van der Waals surface area contributed by atoms with Crippen LogP contribution in [0.25, 0.3) is 0 Å². The Kier molecular flexibility index (Phi) is 3.24. The lowest BCUT2D eigenvalue weighted by molar-refractivity contribution is 0.00344. The van der Waals surface area contributed by atoms with Gasteiger partial charge < -0.3 is 14.5 Å². The van der Waals surface area contributed by atoms with Crippen LogP contribution >= 0.6 is 0 Å². The topological polar surface area (TPSA) is 51.5 Å². The van der Waals surface area contributed by atoms with E-state index in [4.69, 9.17) is 9.15 Å². The molecule has 4 nitrogen and oxygen atoms in total. The SMILES string of the molecule is CC(C)(C)OC(=O)c1cc2c(o1)CCCNC2. The summed E-state index contributed by atoms with van der Waals surface area (Å²) in [4.78, 5) is 11.8. The first-order chi connectivity index (χ1) is 7.96. The summed E-state index contributed by atoms with van der Waals surface area (Å²) in [5, 5.41) is 3.29. The van der Waals surface area contributed by atoms with Gasteiger partial charge in [0.15, 0.2) is 0 Å². The van der Waals surface area contributed by atoms with Crippen LogP contribution in [-0.4, -0.2) is 18.1 Å². The molecule has 0 aliphatic carbocycles. The van der Waals surface area contributed by atoms with Gasteiger partial charge in [-0.15, -0.1) is 0 Å². The molecule has 1 aromatic heterocycles. The second-order valence-electron chi connectivity index (χ2n) is 5.34. The number of rotatable bonds is 1. The number of fused-ring (bicyclic) bond motifs is 1. The van der Waals surface area contributed by atoms with Gasteiger partial charge in [-0.25, -0.2) is 4.79 Å². The molecule has 94 valence electrons. The molecule has 0 saturated heterocycles. The lowest BCUT2D eigenvalue weighted by atomic mass is 10.2. The van der Waals surface area contributed by atoms with Gasteiger partial charge >= 0.3 is 5.97 Å². The van der Waals surface area contributed by atoms with Crippen molar-refractivity contribution in [1.82, 2.24) is 5.32 Å². The third-order valence-electron chi connectivity index (χ3n) is 2.57. The zero-order chi connectivity index (χ0) is 12.5. The van der Waals surface area contributed by atoms with Crippen LogP contribution in [0.2, 0.25) is 0 Å². The first-order valence-electron chi connectivity index (χ1n) is 6.01. The fourth-order valence-electron chi connectivity index (χ4n) is 1.85. The van der Waals surface area contributed by atoms with Crippen LogP contribution in [0.3, 0.4) is 0 Å². The Labute approximate surface area is 101 Å². The Bertz CT molecular complexity index is 391. The van der Waals surface area contributed by atoms with Gasteiger partial charge in [0.25, 0.3) is 0 Å². The Morgan fingerprint density at radius 3 is 2.94 bits per heavy atom. The minimum absolute atomic E-state index is 0.314. The van der Waals surface area contributed by atoms with E-state index >= 15 is 0 Å². The van der Waals surface area contributed by atoms with Crippen LogP contribution < -0.4 is 5.32 Å². The predicted molar refractivity (Wildman–Crippen MR) is 63.9 cm³/mol. The standard InChI is InChI=1S/C13H19NO3/c1-13(2,3)17-12(15)11-7-9-8-14-6-4-5-10(9)16-11/h7,14H,4-6,8H2,1-3H3. The van der Waals surface area contributed by atoms with Crippen molar-refractivity contribution in [2.24, 2.45) is 0 Å². The van der Waals surface area contributed by atoms with E-state index in [0.29, 0.717) is 5.76 Å². The fourth-order valence-corrected chi connectivity index (χ4v) is 1.85. The highest BCUT2D eigenvalue weighted by atomic mass is 16.6. The normalized spacial score (nSPS) is 16.2. The lowest BCUT2D eigenvalue weighted by Crippen LogP contribution is -2.23. The molecule has 0 amide bonds. The molecule has 1 aromatic rings. The Hall–Kier alpha value is -1.29. The molecule has 1 aliphatic heterocycles. The largest absolute Gasteiger partial charge is 0.454 e. The van der Waals surface area contributed by atoms with E-state index in [0.717, 1.165) is 37.3 Å². The van der Waals surface area contributed by atoms with Crippen molar-refractivity contribution in [3.05, 3.63) is 23.2 Å². The fraction of sp³-hybridized carbons (Fsp3) is 0.615. The number of carbonyl (C=O) groups is 1. The second kappa shape index (κ2) is 4.53. The summed E-state index contributed by atoms with van der Waals surface area (Å²) in [6.45, 7) is 7.30. The van der Waals surface area contributed by atoms with Gasteiger partial charge in [0, 0.05) is 18.5 Å². The van der Waals surface area contributed by atoms with Gasteiger partial charge in [-0.3, -0.25) is 0 Å². The molecule has 0 atom stereocenters. The van der Waals surface area contributed by atoms with Crippen molar-refractivity contribution in [2.75, 3.05) is 6.54 Å². The molecule has 4 heteroatoms. The molecular weight excluding hydrogens is 218 g/mol. The number of nitrogens with one attached hydrogen (secondary N) is 1. The van der Waals surface area contributed by atoms with Gasteiger partial charge in [0.2, 0.25) is 5.76 Å². The predicted octanol–water partition coefficient (Wildman–Crippen LogP) is 2.27. The third kappa shape index (κ3) is 3.09. The monoisotopic (exact) mass is 237 g/mol. The van der Waals surface area contributed by atoms with Crippen molar-refractivity contribution in [2.45, 2.75) is 45.8 Å². The summed E-state index contributed by atoms with van der Waals surface area (Å²) in [7, 11) is 0. The molecule has 2 heterocycles. The van der Waals surface area contributed by atoms with Crippen molar-refractivity contribution in [3.8, 4) is 0 Å². The smallest absolute Gasteiger partial charge is 0.374 e. The van der Waals surface area contributed by atoms with Gasteiger partial charge in [-0.1, -0.05) is 0 Å². The minimum atomic E-state index is -0.487. The zero-order valence-electron chi connectivity index (χ0n) is 10.6. The average molecular weight is 237 g/mol. The molecule has 0 spiro atoms. The number of furan rings is 1. The Balaban J connectivity index is 2.15. The Morgan fingerprint density at radius 1 is 1.47 bits per heavy atom. The van der Waals surface area contributed by atoms with Gasteiger partial charge in [0.1, 0.15) is 11.4 Å². The first-order valence-corrected chi connectivity index (χ1v) is 6.01. The van der Waals surface area contributed by atoms with E-state index in [9.17, 15) is 4.79 Å². The van der Waals surface area contributed by atoms with Crippen molar-refractivity contribution in [3.63, 3.8) is 0 Å². The molecule has 0 radical (unpaired) electrons. The number of carbonyl (C=O) groups excluding carboxylic acids is 1. The number of hydrogen-bond acceptors (Lipinski definition) is 4. The Morgan fingerprint density at radius 2 is 2.24 bits per heavy atom. The molecule has 0 fully saturated rings. The lowest BCUT2D eigenvalue weighted by Gasteiger charge is -2.18. The van der Waals surface area contributed by atoms with Gasteiger partial charge in [0.05, 0.1) is 0 Å². The van der Waals surface area contributed by atoms with E-state index in [2.05, 4.69) is 5.32 Å². The van der Waals surface area contributed by atoms with Crippen LogP contribution in [-0.2, 0) is 17.7 Å². The quantitative estimate of drug-likeness (QED) is 0.761. The van der Waals surface area contributed by atoms with Crippen LogP contribution in [0.1, 0.15) is 49.1 Å². The van der Waals surface area contributed by atoms with Crippen molar-refractivity contribution in [1.29, 1.82) is 0 Å². The van der Waals surface area contributed by atoms with Crippen molar-refractivity contribution >= 4 is 5.97 Å². The molecule has 1 N–H and O–H groups in total. The molecule has 0 aromatic carbocycles. The summed E-state index contributed by atoms with van der Waals surface area (Å²) >= 11 is 0. The number of ether oxygens (including phenoxy) is 1. The van der Waals surface area contributed by atoms with E-state index in [1.807, 2.05) is 20.8 Å². The van der Waals surface area contributed by atoms with Crippen LogP contribution in [0.4, 0.5) is 0 Å². The minimum Gasteiger partial charge on any atom is -0.454 e. The highest BCUT2D eigenvalue weighted by molar-refractivity contribution is 5.87. The van der Waals surface area contributed by atoms with Crippen LogP contribution in [0, 0.1) is 0 Å². The summed E-state index contributed by atoms with van der Waals surface area (Å²) in [6.07, 6.45) is 1.92. The van der Waals surface area contributed by atoms with Crippen LogP contribution in [0.15, 0.2) is 10.5 Å². The zero-order valence-corrected chi connectivity index (χ0v) is 10.6. The van der Waals surface area contributed by atoms with E-state index in [1.165, 1.54) is 0 Å². The maximum Gasteiger partial charge on any atom is 0.374 e. The molecule has 1 aliphatic rings. The van der Waals surface area contributed by atoms with E-state index < -0.39 is 5.60 Å². The molecule has 0 bridgehead atoms.